The number of nitrogen functional groups attached to an aromatic ring is 1. The second-order valence-electron chi connectivity index (χ2n) is 4.75. The molecule has 0 amide bonds. The van der Waals surface area contributed by atoms with Gasteiger partial charge < -0.3 is 19.9 Å². The first-order valence-electron chi connectivity index (χ1n) is 6.90. The number of nitriles is 1. The molecule has 0 aromatic heterocycles. The maximum Gasteiger partial charge on any atom is 0.142 e. The molecule has 0 atom stereocenters. The quantitative estimate of drug-likeness (QED) is 0.677. The summed E-state index contributed by atoms with van der Waals surface area (Å²) in [7, 11) is 4.72. The number of methoxy groups -OCH3 is 3. The lowest BCUT2D eigenvalue weighted by atomic mass is 9.96. The van der Waals surface area contributed by atoms with Crippen molar-refractivity contribution in [1.82, 2.24) is 0 Å². The Hall–Kier alpha value is -3.13. The van der Waals surface area contributed by atoms with Crippen LogP contribution in [-0.4, -0.2) is 21.3 Å². The molecule has 0 heterocycles. The molecule has 0 aliphatic rings. The highest BCUT2D eigenvalue weighted by atomic mass is 16.5. The van der Waals surface area contributed by atoms with Crippen molar-refractivity contribution in [1.29, 1.82) is 5.26 Å². The Balaban J connectivity index is 2.60. The van der Waals surface area contributed by atoms with Gasteiger partial charge in [-0.25, -0.2) is 0 Å². The molecule has 0 aliphatic heterocycles. The van der Waals surface area contributed by atoms with E-state index in [0.717, 1.165) is 16.7 Å². The molecule has 5 heteroatoms. The van der Waals surface area contributed by atoms with E-state index in [1.54, 1.807) is 39.5 Å². The van der Waals surface area contributed by atoms with Gasteiger partial charge in [-0.15, -0.1) is 0 Å². The Morgan fingerprint density at radius 3 is 2.13 bits per heavy atom. The smallest absolute Gasteiger partial charge is 0.142 e. The van der Waals surface area contributed by atoms with Crippen LogP contribution in [0, 0.1) is 11.3 Å². The minimum atomic E-state index is 0.538. The second kappa shape index (κ2) is 7.23. The number of ether oxygens (including phenoxy) is 3. The molecular weight excluding hydrogens is 292 g/mol. The van der Waals surface area contributed by atoms with E-state index in [1.807, 2.05) is 18.2 Å². The molecule has 2 rings (SSSR count). The lowest BCUT2D eigenvalue weighted by Crippen LogP contribution is -1.96. The van der Waals surface area contributed by atoms with Crippen LogP contribution in [0.5, 0.6) is 17.2 Å². The predicted octanol–water partition coefficient (Wildman–Crippen LogP) is 3.25. The third-order valence-electron chi connectivity index (χ3n) is 3.42. The van der Waals surface area contributed by atoms with Gasteiger partial charge in [-0.3, -0.25) is 0 Å². The van der Waals surface area contributed by atoms with Gasteiger partial charge in [0.1, 0.15) is 17.2 Å². The molecule has 2 aromatic rings. The Kier molecular flexibility index (Phi) is 5.11. The Labute approximate surface area is 135 Å². The second-order valence-corrected chi connectivity index (χ2v) is 4.75. The minimum absolute atomic E-state index is 0.538. The van der Waals surface area contributed by atoms with Crippen LogP contribution in [0.2, 0.25) is 0 Å². The average Bonchev–Trinajstić information content (AvgIpc) is 2.59. The van der Waals surface area contributed by atoms with E-state index in [1.165, 1.54) is 6.08 Å². The monoisotopic (exact) mass is 310 g/mol. The maximum absolute atomic E-state index is 9.15. The highest BCUT2D eigenvalue weighted by Gasteiger charge is 2.11. The predicted molar refractivity (Wildman–Crippen MR) is 89.6 cm³/mol. The molecule has 118 valence electrons. The van der Waals surface area contributed by atoms with Gasteiger partial charge in [0.25, 0.3) is 0 Å². The van der Waals surface area contributed by atoms with Crippen LogP contribution >= 0.6 is 0 Å². The highest BCUT2D eigenvalue weighted by molar-refractivity contribution is 5.83. The SMILES string of the molecule is COc1cc(OC)cc(/C(=C\C#N)c2ccc(N)c(OC)c2)c1. The Bertz CT molecular complexity index is 754. The van der Waals surface area contributed by atoms with E-state index in [2.05, 4.69) is 6.07 Å². The van der Waals surface area contributed by atoms with Crippen LogP contribution in [0.1, 0.15) is 11.1 Å². The van der Waals surface area contributed by atoms with Gasteiger partial charge in [-0.2, -0.15) is 5.26 Å². The summed E-state index contributed by atoms with van der Waals surface area (Å²) in [5.41, 5.74) is 8.73. The Morgan fingerprint density at radius 2 is 1.61 bits per heavy atom. The lowest BCUT2D eigenvalue weighted by Gasteiger charge is -2.13. The summed E-state index contributed by atoms with van der Waals surface area (Å²) in [5.74, 6) is 1.84. The fraction of sp³-hybridized carbons (Fsp3) is 0.167. The molecule has 0 saturated heterocycles. The van der Waals surface area contributed by atoms with Gasteiger partial charge in [-0.05, 0) is 41.0 Å². The zero-order valence-electron chi connectivity index (χ0n) is 13.3. The summed E-state index contributed by atoms with van der Waals surface area (Å²) >= 11 is 0. The van der Waals surface area contributed by atoms with Crippen molar-refractivity contribution >= 4 is 11.3 Å². The van der Waals surface area contributed by atoms with Gasteiger partial charge in [0.2, 0.25) is 0 Å². The first-order chi connectivity index (χ1) is 11.1. The highest BCUT2D eigenvalue weighted by Crippen LogP contribution is 2.33. The van der Waals surface area contributed by atoms with Crippen molar-refractivity contribution < 1.29 is 14.2 Å². The largest absolute Gasteiger partial charge is 0.497 e. The number of hydrogen-bond donors (Lipinski definition) is 1. The molecular formula is C18H18N2O3. The van der Waals surface area contributed by atoms with Crippen molar-refractivity contribution in [2.24, 2.45) is 0 Å². The summed E-state index contributed by atoms with van der Waals surface area (Å²) < 4.78 is 15.8. The number of nitrogens with two attached hydrogens (primary N) is 1. The number of anilines is 1. The summed E-state index contributed by atoms with van der Waals surface area (Å²) in [5, 5.41) is 9.15. The minimum Gasteiger partial charge on any atom is -0.497 e. The van der Waals surface area contributed by atoms with Crippen molar-refractivity contribution in [3.63, 3.8) is 0 Å². The molecule has 0 bridgehead atoms. The van der Waals surface area contributed by atoms with Gasteiger partial charge in [-0.1, -0.05) is 6.07 Å². The van der Waals surface area contributed by atoms with Crippen LogP contribution < -0.4 is 19.9 Å². The van der Waals surface area contributed by atoms with Crippen molar-refractivity contribution in [2.75, 3.05) is 27.1 Å². The first-order valence-corrected chi connectivity index (χ1v) is 6.90. The van der Waals surface area contributed by atoms with Gasteiger partial charge in [0, 0.05) is 12.1 Å². The van der Waals surface area contributed by atoms with E-state index in [9.17, 15) is 0 Å². The van der Waals surface area contributed by atoms with E-state index < -0.39 is 0 Å². The molecule has 23 heavy (non-hydrogen) atoms. The van der Waals surface area contributed by atoms with E-state index in [-0.39, 0.29) is 0 Å². The van der Waals surface area contributed by atoms with E-state index >= 15 is 0 Å². The molecule has 0 spiro atoms. The molecule has 0 fully saturated rings. The first kappa shape index (κ1) is 16.2. The Morgan fingerprint density at radius 1 is 0.957 bits per heavy atom. The maximum atomic E-state index is 9.15. The van der Waals surface area contributed by atoms with Crippen molar-refractivity contribution in [2.45, 2.75) is 0 Å². The van der Waals surface area contributed by atoms with Gasteiger partial charge >= 0.3 is 0 Å². The van der Waals surface area contributed by atoms with Crippen LogP contribution in [-0.2, 0) is 0 Å². The van der Waals surface area contributed by atoms with Crippen molar-refractivity contribution in [3.8, 4) is 23.3 Å². The number of allylic oxidation sites excluding steroid dienone is 1. The van der Waals surface area contributed by atoms with E-state index in [0.29, 0.717) is 22.9 Å². The molecule has 0 radical (unpaired) electrons. The van der Waals surface area contributed by atoms with Crippen LogP contribution in [0.3, 0.4) is 0 Å². The summed E-state index contributed by atoms with van der Waals surface area (Å²) in [6.07, 6.45) is 1.47. The zero-order chi connectivity index (χ0) is 16.8. The molecule has 0 unspecified atom stereocenters. The lowest BCUT2D eigenvalue weighted by molar-refractivity contribution is 0.394. The molecule has 0 aliphatic carbocycles. The van der Waals surface area contributed by atoms with Crippen molar-refractivity contribution in [3.05, 3.63) is 53.6 Å². The van der Waals surface area contributed by atoms with Crippen LogP contribution in [0.15, 0.2) is 42.5 Å². The summed E-state index contributed by atoms with van der Waals surface area (Å²) in [6, 6.07) is 12.9. The summed E-state index contributed by atoms with van der Waals surface area (Å²) in [4.78, 5) is 0. The topological polar surface area (TPSA) is 77.5 Å². The summed E-state index contributed by atoms with van der Waals surface area (Å²) in [6.45, 7) is 0. The number of hydrogen-bond acceptors (Lipinski definition) is 5. The van der Waals surface area contributed by atoms with Gasteiger partial charge in [0.15, 0.2) is 0 Å². The normalized spacial score (nSPS) is 10.8. The fourth-order valence-electron chi connectivity index (χ4n) is 2.24. The zero-order valence-corrected chi connectivity index (χ0v) is 13.3. The fourth-order valence-corrected chi connectivity index (χ4v) is 2.24. The van der Waals surface area contributed by atoms with Gasteiger partial charge in [0.05, 0.1) is 33.1 Å². The van der Waals surface area contributed by atoms with Crippen LogP contribution in [0.25, 0.3) is 5.57 Å². The number of benzene rings is 2. The standard InChI is InChI=1S/C18H18N2O3/c1-21-14-8-13(9-15(11-14)22-2)16(6-7-19)12-4-5-17(20)18(10-12)23-3/h4-6,8-11H,20H2,1-3H3/b16-6-. The third kappa shape index (κ3) is 3.55. The van der Waals surface area contributed by atoms with E-state index in [4.69, 9.17) is 25.2 Å². The van der Waals surface area contributed by atoms with Crippen LogP contribution in [0.4, 0.5) is 5.69 Å². The molecule has 5 nitrogen and oxygen atoms in total. The number of nitrogens with zero attached hydrogens (tertiary/aromatic N) is 1. The molecule has 2 aromatic carbocycles. The number of rotatable bonds is 5. The third-order valence-corrected chi connectivity index (χ3v) is 3.42. The molecule has 0 saturated carbocycles. The molecule has 2 N–H and O–H groups in total. The average molecular weight is 310 g/mol.